The van der Waals surface area contributed by atoms with Gasteiger partial charge in [-0.15, -0.1) is 0 Å². The molecule has 2 aliphatic heterocycles. The lowest BCUT2D eigenvalue weighted by Crippen LogP contribution is -2.54. The molecule has 0 spiro atoms. The first kappa shape index (κ1) is 16.2. The summed E-state index contributed by atoms with van der Waals surface area (Å²) in [5, 5.41) is 10.7. The van der Waals surface area contributed by atoms with Crippen LogP contribution < -0.4 is 0 Å². The summed E-state index contributed by atoms with van der Waals surface area (Å²) < 4.78 is 0. The van der Waals surface area contributed by atoms with Crippen LogP contribution in [0.15, 0.2) is 0 Å². The normalized spacial score (nSPS) is 27.2. The van der Waals surface area contributed by atoms with Crippen LogP contribution in [0.3, 0.4) is 0 Å². The number of rotatable bonds is 4. The number of piperazine rings is 1. The van der Waals surface area contributed by atoms with Gasteiger partial charge in [-0.05, 0) is 25.7 Å². The predicted molar refractivity (Wildman–Crippen MR) is 86.7 cm³/mol. The summed E-state index contributed by atoms with van der Waals surface area (Å²) in [5.74, 6) is 0.303. The zero-order valence-corrected chi connectivity index (χ0v) is 13.8. The molecule has 1 amide bonds. The number of β-amino-alcohol motifs (C(OH)–C–C–N with tert-alkyl or cyclic N) is 1. The smallest absolute Gasteiger partial charge is 0.236 e. The van der Waals surface area contributed by atoms with E-state index in [4.69, 9.17) is 0 Å². The molecule has 3 rings (SSSR count). The molecule has 0 unspecified atom stereocenters. The minimum absolute atomic E-state index is 0.303. The van der Waals surface area contributed by atoms with Gasteiger partial charge in [0.2, 0.25) is 5.91 Å². The van der Waals surface area contributed by atoms with E-state index in [0.717, 1.165) is 71.5 Å². The molecule has 1 N–H and O–H groups in total. The zero-order chi connectivity index (χ0) is 15.4. The minimum Gasteiger partial charge on any atom is -0.389 e. The Bertz CT molecular complexity index is 368. The molecule has 0 radical (unpaired) electrons. The van der Waals surface area contributed by atoms with Crippen LogP contribution in [0.5, 0.6) is 0 Å². The number of aliphatic hydroxyl groups is 1. The topological polar surface area (TPSA) is 47.0 Å². The van der Waals surface area contributed by atoms with Crippen LogP contribution in [0.25, 0.3) is 0 Å². The van der Waals surface area contributed by atoms with Crippen LogP contribution in [0.4, 0.5) is 0 Å². The van der Waals surface area contributed by atoms with Gasteiger partial charge < -0.3 is 10.0 Å². The van der Waals surface area contributed by atoms with Crippen molar-refractivity contribution in [3.05, 3.63) is 0 Å². The first-order chi connectivity index (χ1) is 10.6. The maximum atomic E-state index is 12.2. The van der Waals surface area contributed by atoms with Gasteiger partial charge >= 0.3 is 0 Å². The van der Waals surface area contributed by atoms with Crippen molar-refractivity contribution in [2.75, 3.05) is 52.4 Å². The summed E-state index contributed by atoms with van der Waals surface area (Å²) in [6, 6.07) is 0. The fourth-order valence-corrected chi connectivity index (χ4v) is 4.15. The minimum atomic E-state index is -0.453. The lowest BCUT2D eigenvalue weighted by atomic mass is 9.84. The second-order valence-electron chi connectivity index (χ2n) is 7.43. The lowest BCUT2D eigenvalue weighted by Gasteiger charge is -2.41. The van der Waals surface area contributed by atoms with E-state index in [1.807, 2.05) is 4.90 Å². The molecule has 5 nitrogen and oxygen atoms in total. The Balaban J connectivity index is 1.39. The average Bonchev–Trinajstić information content (AvgIpc) is 3.04. The number of hydrogen-bond donors (Lipinski definition) is 1. The third-order valence-corrected chi connectivity index (χ3v) is 5.58. The molecule has 126 valence electrons. The second-order valence-corrected chi connectivity index (χ2v) is 7.43. The number of carbonyl (C=O) groups is 1. The van der Waals surface area contributed by atoms with Crippen LogP contribution in [0.1, 0.15) is 44.9 Å². The van der Waals surface area contributed by atoms with Crippen LogP contribution in [0.2, 0.25) is 0 Å². The summed E-state index contributed by atoms with van der Waals surface area (Å²) in [6.45, 7) is 7.17. The van der Waals surface area contributed by atoms with Crippen molar-refractivity contribution in [1.29, 1.82) is 0 Å². The Morgan fingerprint density at radius 3 is 2.05 bits per heavy atom. The monoisotopic (exact) mass is 309 g/mol. The van der Waals surface area contributed by atoms with Crippen molar-refractivity contribution in [2.45, 2.75) is 50.5 Å². The van der Waals surface area contributed by atoms with E-state index in [1.54, 1.807) is 0 Å². The third kappa shape index (κ3) is 4.21. The highest BCUT2D eigenvalue weighted by molar-refractivity contribution is 5.78. The van der Waals surface area contributed by atoms with Crippen molar-refractivity contribution in [3.63, 3.8) is 0 Å². The summed E-state index contributed by atoms with van der Waals surface area (Å²) in [5.41, 5.74) is -0.453. The van der Waals surface area contributed by atoms with Gasteiger partial charge in [0.25, 0.3) is 0 Å². The second kappa shape index (κ2) is 7.28. The predicted octanol–water partition coefficient (Wildman–Crippen LogP) is 0.922. The Kier molecular flexibility index (Phi) is 5.37. The van der Waals surface area contributed by atoms with E-state index >= 15 is 0 Å². The summed E-state index contributed by atoms with van der Waals surface area (Å²) in [4.78, 5) is 18.9. The van der Waals surface area contributed by atoms with Gasteiger partial charge in [-0.25, -0.2) is 0 Å². The molecular formula is C17H31N3O2. The number of hydrogen-bond acceptors (Lipinski definition) is 4. The summed E-state index contributed by atoms with van der Waals surface area (Å²) in [6.07, 6.45) is 7.85. The zero-order valence-electron chi connectivity index (χ0n) is 13.8. The van der Waals surface area contributed by atoms with Crippen LogP contribution >= 0.6 is 0 Å². The largest absolute Gasteiger partial charge is 0.389 e. The molecule has 22 heavy (non-hydrogen) atoms. The van der Waals surface area contributed by atoms with Gasteiger partial charge in [0, 0.05) is 45.8 Å². The fourth-order valence-electron chi connectivity index (χ4n) is 4.15. The van der Waals surface area contributed by atoms with E-state index < -0.39 is 5.60 Å². The van der Waals surface area contributed by atoms with Gasteiger partial charge in [0.1, 0.15) is 0 Å². The molecule has 5 heteroatoms. The van der Waals surface area contributed by atoms with Crippen molar-refractivity contribution in [1.82, 2.24) is 14.7 Å². The van der Waals surface area contributed by atoms with Gasteiger partial charge in [0.15, 0.2) is 0 Å². The lowest BCUT2D eigenvalue weighted by molar-refractivity contribution is -0.132. The first-order valence-corrected chi connectivity index (χ1v) is 9.10. The van der Waals surface area contributed by atoms with Gasteiger partial charge in [-0.3, -0.25) is 14.6 Å². The Labute approximate surface area is 134 Å². The van der Waals surface area contributed by atoms with Gasteiger partial charge in [0.05, 0.1) is 12.1 Å². The SMILES string of the molecule is O=C(CN1CCN(CC2(O)CCCCC2)CC1)N1CCCC1. The Morgan fingerprint density at radius 2 is 1.41 bits per heavy atom. The summed E-state index contributed by atoms with van der Waals surface area (Å²) >= 11 is 0. The van der Waals surface area contributed by atoms with Crippen LogP contribution in [0, 0.1) is 0 Å². The van der Waals surface area contributed by atoms with Crippen LogP contribution in [-0.2, 0) is 4.79 Å². The van der Waals surface area contributed by atoms with Gasteiger partial charge in [-0.1, -0.05) is 19.3 Å². The highest BCUT2D eigenvalue weighted by Crippen LogP contribution is 2.29. The highest BCUT2D eigenvalue weighted by atomic mass is 16.3. The quantitative estimate of drug-likeness (QED) is 0.839. The van der Waals surface area contributed by atoms with Crippen molar-refractivity contribution < 1.29 is 9.90 Å². The third-order valence-electron chi connectivity index (χ3n) is 5.58. The molecule has 1 aliphatic carbocycles. The molecule has 3 fully saturated rings. The van der Waals surface area contributed by atoms with E-state index in [-0.39, 0.29) is 0 Å². The highest BCUT2D eigenvalue weighted by Gasteiger charge is 2.32. The molecule has 0 bridgehead atoms. The van der Waals surface area contributed by atoms with E-state index in [9.17, 15) is 9.90 Å². The number of carbonyl (C=O) groups excluding carboxylic acids is 1. The maximum absolute atomic E-state index is 12.2. The maximum Gasteiger partial charge on any atom is 0.236 e. The summed E-state index contributed by atoms with van der Waals surface area (Å²) in [7, 11) is 0. The fraction of sp³-hybridized carbons (Fsp3) is 0.941. The Hall–Kier alpha value is -0.650. The molecule has 0 aromatic heterocycles. The molecule has 2 heterocycles. The number of amides is 1. The number of likely N-dealkylation sites (tertiary alicyclic amines) is 1. The average molecular weight is 309 g/mol. The van der Waals surface area contributed by atoms with E-state index in [2.05, 4.69) is 9.80 Å². The molecular weight excluding hydrogens is 278 g/mol. The van der Waals surface area contributed by atoms with Gasteiger partial charge in [-0.2, -0.15) is 0 Å². The molecule has 3 aliphatic rings. The van der Waals surface area contributed by atoms with E-state index in [1.165, 1.54) is 19.3 Å². The van der Waals surface area contributed by atoms with Crippen molar-refractivity contribution in [2.24, 2.45) is 0 Å². The molecule has 0 aromatic rings. The van der Waals surface area contributed by atoms with Crippen molar-refractivity contribution >= 4 is 5.91 Å². The molecule has 1 saturated carbocycles. The molecule has 0 aromatic carbocycles. The first-order valence-electron chi connectivity index (χ1n) is 9.10. The van der Waals surface area contributed by atoms with Crippen molar-refractivity contribution in [3.8, 4) is 0 Å². The number of nitrogens with zero attached hydrogens (tertiary/aromatic N) is 3. The molecule has 0 atom stereocenters. The van der Waals surface area contributed by atoms with Crippen LogP contribution in [-0.4, -0.2) is 83.7 Å². The molecule has 2 saturated heterocycles. The Morgan fingerprint density at radius 1 is 0.818 bits per heavy atom. The van der Waals surface area contributed by atoms with E-state index in [0.29, 0.717) is 12.5 Å². The standard InChI is InChI=1S/C17H31N3O2/c21-16(20-8-4-5-9-20)14-18-10-12-19(13-11-18)15-17(22)6-2-1-3-7-17/h22H,1-15H2.